The summed E-state index contributed by atoms with van der Waals surface area (Å²) in [5.74, 6) is 0.830. The Labute approximate surface area is 422 Å². The third-order valence-electron chi connectivity index (χ3n) is 14.5. The van der Waals surface area contributed by atoms with Gasteiger partial charge in [0.05, 0.1) is 0 Å². The van der Waals surface area contributed by atoms with Crippen molar-refractivity contribution in [3.63, 3.8) is 0 Å². The molecule has 394 valence electrons. The Morgan fingerprint density at radius 1 is 0.528 bits per heavy atom. The van der Waals surface area contributed by atoms with Crippen LogP contribution in [0.25, 0.3) is 0 Å². The molecule has 1 aliphatic carbocycles. The number of urea groups is 1. The monoisotopic (exact) mass is 1000 g/mol. The molecule has 4 aliphatic heterocycles. The summed E-state index contributed by atoms with van der Waals surface area (Å²) in [5, 5.41) is 36.0. The second kappa shape index (κ2) is 27.8. The number of rotatable bonds is 13. The second-order valence-electron chi connectivity index (χ2n) is 19.6. The predicted octanol–water partition coefficient (Wildman–Crippen LogP) is 4.58. The second-order valence-corrected chi connectivity index (χ2v) is 19.6. The summed E-state index contributed by atoms with van der Waals surface area (Å²) in [5.41, 5.74) is 13.1. The number of hydrogen-bond acceptors (Lipinski definition) is 11. The summed E-state index contributed by atoms with van der Waals surface area (Å²) >= 11 is 0. The van der Waals surface area contributed by atoms with Crippen molar-refractivity contribution in [3.05, 3.63) is 70.8 Å². The normalized spacial score (nSPS) is 20.3. The summed E-state index contributed by atoms with van der Waals surface area (Å²) in [7, 11) is 0. The molecule has 0 spiro atoms. The van der Waals surface area contributed by atoms with Crippen LogP contribution in [-0.4, -0.2) is 170 Å². The van der Waals surface area contributed by atoms with Gasteiger partial charge < -0.3 is 66.9 Å². The molecule has 7 rings (SSSR count). The van der Waals surface area contributed by atoms with Crippen molar-refractivity contribution in [3.8, 4) is 0 Å². The lowest BCUT2D eigenvalue weighted by Crippen LogP contribution is -2.53. The smallest absolute Gasteiger partial charge is 0.410 e. The number of amidine groups is 2. The molecular weight excluding hydrogens is 925 g/mol. The number of nitrogens with one attached hydrogen (secondary N) is 6. The largest absolute Gasteiger partial charge is 0.465 e. The van der Waals surface area contributed by atoms with Gasteiger partial charge in [0, 0.05) is 94.2 Å². The van der Waals surface area contributed by atoms with Gasteiger partial charge in [0.25, 0.3) is 11.8 Å². The Morgan fingerprint density at radius 2 is 0.917 bits per heavy atom. The zero-order valence-corrected chi connectivity index (χ0v) is 41.5. The van der Waals surface area contributed by atoms with Crippen LogP contribution >= 0.6 is 0 Å². The number of hydrogen-bond donors (Lipinski definition) is 9. The van der Waals surface area contributed by atoms with E-state index in [9.17, 15) is 28.8 Å². The van der Waals surface area contributed by atoms with Crippen molar-refractivity contribution in [2.45, 2.75) is 95.7 Å². The molecule has 0 bridgehead atoms. The lowest BCUT2D eigenvalue weighted by molar-refractivity contribution is 0.0210. The van der Waals surface area contributed by atoms with Crippen LogP contribution in [0.1, 0.15) is 115 Å². The Hall–Kier alpha value is -6.64. The number of ether oxygens (including phenoxy) is 2. The molecule has 0 radical (unpaired) electrons. The number of piperazine rings is 1. The molecule has 2 aromatic carbocycles. The molecule has 2 aromatic rings. The summed E-state index contributed by atoms with van der Waals surface area (Å²) in [6, 6.07) is 13.2. The van der Waals surface area contributed by atoms with Gasteiger partial charge in [0.15, 0.2) is 0 Å². The zero-order chi connectivity index (χ0) is 51.4. The van der Waals surface area contributed by atoms with E-state index in [1.807, 2.05) is 0 Å². The summed E-state index contributed by atoms with van der Waals surface area (Å²) in [4.78, 5) is 80.3. The number of carbonyl (C=O) groups excluding carboxylic acids is 5. The Bertz CT molecular complexity index is 2010. The standard InChI is InChI=1S/C38H52N8O6.C13H24N4O3/c39-33(40)27-7-11-29(12-8-27)35(47)43-23-25-15-19-45(20-16-25)37(49)51-31-3-1-4-32(6-2-5-31)52-38(50)46-21-17-26(18-22-46)24-44-36(48)30-13-9-28(10-14-30)34(41)42;18-12(15-6-3-11-1-4-14-5-2-11)16-7-9-17(10-8-16)13(19)20/h7-14,25-26,31-32H,1-6,15-24H2,(H3,39,40)(H3,41,42)(H,43,47)(H,44,48);11,14H,1-10H2,(H,15,18)(H,19,20). The highest BCUT2D eigenvalue weighted by molar-refractivity contribution is 5.99. The van der Waals surface area contributed by atoms with Gasteiger partial charge in [-0.05, 0) is 139 Å². The van der Waals surface area contributed by atoms with Crippen LogP contribution in [0.3, 0.4) is 0 Å². The van der Waals surface area contributed by atoms with E-state index < -0.39 is 6.09 Å². The maximum atomic E-state index is 13.0. The number of nitrogen functional groups attached to an aromatic ring is 2. The Morgan fingerprint density at radius 3 is 1.31 bits per heavy atom. The molecule has 4 heterocycles. The molecule has 7 amide bonds. The number of nitrogens with zero attached hydrogens (tertiary/aromatic N) is 4. The molecule has 4 saturated heterocycles. The van der Waals surface area contributed by atoms with E-state index in [1.54, 1.807) is 63.2 Å². The van der Waals surface area contributed by atoms with Crippen molar-refractivity contribution in [2.24, 2.45) is 29.2 Å². The van der Waals surface area contributed by atoms with Crippen LogP contribution in [-0.2, 0) is 9.47 Å². The van der Waals surface area contributed by atoms with Crippen LogP contribution in [0.2, 0.25) is 0 Å². The van der Waals surface area contributed by atoms with Crippen LogP contribution in [0.5, 0.6) is 0 Å². The van der Waals surface area contributed by atoms with Gasteiger partial charge in [-0.2, -0.15) is 0 Å². The van der Waals surface area contributed by atoms with Crippen LogP contribution in [0, 0.1) is 28.6 Å². The SMILES string of the molecule is N=C(N)c1ccc(C(=O)NCC2CCN(C(=O)OC3CCCC(OC(=O)N4CCC(CNC(=O)c5ccc(C(=N)N)cc5)CC4)CCC3)CC2)cc1.O=C(O)N1CCN(C(=O)NCCC2CCNCC2)CC1. The fourth-order valence-electron chi connectivity index (χ4n) is 9.79. The van der Waals surface area contributed by atoms with E-state index >= 15 is 0 Å². The minimum Gasteiger partial charge on any atom is -0.465 e. The number of nitrogens with two attached hydrogens (primary N) is 2. The van der Waals surface area contributed by atoms with Crippen molar-refractivity contribution in [2.75, 3.05) is 85.1 Å². The first-order chi connectivity index (χ1) is 34.7. The van der Waals surface area contributed by atoms with Crippen molar-refractivity contribution < 1.29 is 43.3 Å². The van der Waals surface area contributed by atoms with E-state index in [1.165, 1.54) is 17.7 Å². The number of piperidine rings is 3. The maximum Gasteiger partial charge on any atom is 0.410 e. The van der Waals surface area contributed by atoms with E-state index in [2.05, 4.69) is 21.3 Å². The van der Waals surface area contributed by atoms with Gasteiger partial charge in [-0.1, -0.05) is 24.3 Å². The first kappa shape index (κ1) is 54.7. The Kier molecular flexibility index (Phi) is 21.1. The highest BCUT2D eigenvalue weighted by atomic mass is 16.6. The molecule has 0 aromatic heterocycles. The molecule has 0 atom stereocenters. The fourth-order valence-corrected chi connectivity index (χ4v) is 9.79. The number of benzene rings is 2. The topological polar surface area (TPSA) is 302 Å². The van der Waals surface area contributed by atoms with E-state index in [-0.39, 0.29) is 65.7 Å². The highest BCUT2D eigenvalue weighted by Gasteiger charge is 2.30. The third-order valence-corrected chi connectivity index (χ3v) is 14.5. The van der Waals surface area contributed by atoms with Crippen LogP contribution < -0.4 is 32.7 Å². The van der Waals surface area contributed by atoms with Gasteiger partial charge in [-0.25, -0.2) is 19.2 Å². The van der Waals surface area contributed by atoms with E-state index in [0.29, 0.717) is 100 Å². The molecule has 72 heavy (non-hydrogen) atoms. The lowest BCUT2D eigenvalue weighted by Gasteiger charge is -2.34. The number of carboxylic acid groups (broad SMARTS) is 1. The average Bonchev–Trinajstić information content (AvgIpc) is 3.39. The summed E-state index contributed by atoms with van der Waals surface area (Å²) < 4.78 is 11.8. The Balaban J connectivity index is 0.000000352. The van der Waals surface area contributed by atoms with Crippen molar-refractivity contribution in [1.29, 1.82) is 10.8 Å². The van der Waals surface area contributed by atoms with Gasteiger partial charge in [0.1, 0.15) is 23.9 Å². The highest BCUT2D eigenvalue weighted by Crippen LogP contribution is 2.26. The summed E-state index contributed by atoms with van der Waals surface area (Å²) in [6.07, 6.45) is 9.26. The molecule has 5 fully saturated rings. The molecule has 21 heteroatoms. The molecule has 5 aliphatic rings. The first-order valence-electron chi connectivity index (χ1n) is 25.8. The molecular formula is C51H76N12O9. The minimum atomic E-state index is -0.907. The predicted molar refractivity (Wildman–Crippen MR) is 271 cm³/mol. The molecule has 0 unspecified atom stereocenters. The van der Waals surface area contributed by atoms with Gasteiger partial charge in [0.2, 0.25) is 0 Å². The molecule has 1 saturated carbocycles. The van der Waals surface area contributed by atoms with Crippen molar-refractivity contribution >= 4 is 47.8 Å². The maximum absolute atomic E-state index is 13.0. The van der Waals surface area contributed by atoms with Gasteiger partial charge >= 0.3 is 24.3 Å². The van der Waals surface area contributed by atoms with Gasteiger partial charge in [-0.3, -0.25) is 20.4 Å². The quantitative estimate of drug-likeness (QED) is 0.0984. The van der Waals surface area contributed by atoms with E-state index in [0.717, 1.165) is 83.7 Å². The third kappa shape index (κ3) is 17.3. The fraction of sp³-hybridized carbons (Fsp3) is 0.608. The minimum absolute atomic E-state index is 0.0399. The number of carbonyl (C=O) groups is 6. The molecule has 11 N–H and O–H groups in total. The zero-order valence-electron chi connectivity index (χ0n) is 41.5. The van der Waals surface area contributed by atoms with Crippen LogP contribution in [0.4, 0.5) is 19.2 Å². The lowest BCUT2D eigenvalue weighted by atomic mass is 9.95. The molecule has 21 nitrogen and oxygen atoms in total. The number of amides is 7. The van der Waals surface area contributed by atoms with Crippen LogP contribution in [0.15, 0.2) is 48.5 Å². The van der Waals surface area contributed by atoms with Gasteiger partial charge in [-0.15, -0.1) is 0 Å². The van der Waals surface area contributed by atoms with Crippen molar-refractivity contribution in [1.82, 2.24) is 40.9 Å². The first-order valence-corrected chi connectivity index (χ1v) is 25.8. The number of likely N-dealkylation sites (tertiary alicyclic amines) is 2. The van der Waals surface area contributed by atoms with E-state index in [4.69, 9.17) is 36.9 Å². The summed E-state index contributed by atoms with van der Waals surface area (Å²) in [6.45, 7) is 8.02. The average molecular weight is 1000 g/mol.